The third-order valence-electron chi connectivity index (χ3n) is 3.58. The van der Waals surface area contributed by atoms with Crippen molar-refractivity contribution in [3.63, 3.8) is 0 Å². The van der Waals surface area contributed by atoms with Crippen LogP contribution in [0, 0.1) is 0 Å². The second kappa shape index (κ2) is 4.79. The van der Waals surface area contributed by atoms with Crippen LogP contribution in [-0.2, 0) is 0 Å². The molecule has 2 aromatic carbocycles. The maximum absolute atomic E-state index is 12.6. The maximum Gasteiger partial charge on any atom is 0.197 e. The van der Waals surface area contributed by atoms with Gasteiger partial charge in [-0.2, -0.15) is 0 Å². The Morgan fingerprint density at radius 3 is 2.67 bits per heavy atom. The molecule has 1 aliphatic rings. The summed E-state index contributed by atoms with van der Waals surface area (Å²) in [6, 6.07) is 7.82. The Bertz CT molecular complexity index is 736. The zero-order chi connectivity index (χ0) is 15.1. The Kier molecular flexibility index (Phi) is 3.07. The van der Waals surface area contributed by atoms with Crippen molar-refractivity contribution in [1.29, 1.82) is 0 Å². The molecule has 0 saturated heterocycles. The molecule has 0 bridgehead atoms. The molecule has 3 rings (SSSR count). The summed E-state index contributed by atoms with van der Waals surface area (Å²) in [6.07, 6.45) is -1.19. The summed E-state index contributed by atoms with van der Waals surface area (Å²) < 4.78 is 5.37. The molecular weight excluding hydrogens is 272 g/mol. The van der Waals surface area contributed by atoms with Crippen molar-refractivity contribution in [3.05, 3.63) is 52.6 Å². The van der Waals surface area contributed by atoms with Crippen molar-refractivity contribution >= 4 is 5.78 Å². The normalized spacial score (nSPS) is 16.3. The van der Waals surface area contributed by atoms with Crippen LogP contribution in [-0.4, -0.2) is 27.7 Å². The highest BCUT2D eigenvalue weighted by molar-refractivity contribution is 6.15. The summed E-state index contributed by atoms with van der Waals surface area (Å²) in [6.45, 7) is 2.04. The predicted molar refractivity (Wildman–Crippen MR) is 74.9 cm³/mol. The molecule has 1 atom stereocenters. The van der Waals surface area contributed by atoms with Gasteiger partial charge in [0.2, 0.25) is 0 Å². The average Bonchev–Trinajstić information content (AvgIpc) is 2.48. The molecule has 1 unspecified atom stereocenters. The number of aromatic hydroxyl groups is 2. The largest absolute Gasteiger partial charge is 0.504 e. The quantitative estimate of drug-likeness (QED) is 0.736. The van der Waals surface area contributed by atoms with Crippen LogP contribution < -0.4 is 4.74 Å². The van der Waals surface area contributed by atoms with E-state index in [1.54, 1.807) is 31.2 Å². The van der Waals surface area contributed by atoms with E-state index >= 15 is 0 Å². The number of hydrogen-bond acceptors (Lipinski definition) is 5. The monoisotopic (exact) mass is 286 g/mol. The Labute approximate surface area is 121 Å². The number of rotatable bonds is 2. The van der Waals surface area contributed by atoms with Crippen LogP contribution in [0.4, 0.5) is 0 Å². The Balaban J connectivity index is 2.33. The van der Waals surface area contributed by atoms with Crippen molar-refractivity contribution in [1.82, 2.24) is 0 Å². The van der Waals surface area contributed by atoms with Gasteiger partial charge in [0.1, 0.15) is 11.9 Å². The number of ether oxygens (including phenoxy) is 1. The van der Waals surface area contributed by atoms with E-state index in [-0.39, 0.29) is 22.7 Å². The van der Waals surface area contributed by atoms with Crippen molar-refractivity contribution in [2.75, 3.05) is 6.61 Å². The molecule has 1 aliphatic carbocycles. The standard InChI is InChI=1S/C16H14O5/c1-2-21-11-7-10(17)16(20)13-12(11)14(18)8-5-3-4-6-9(8)15(13)19/h3-7,15,17,19-20H,2H2,1H3. The van der Waals surface area contributed by atoms with Gasteiger partial charge in [-0.3, -0.25) is 4.79 Å². The van der Waals surface area contributed by atoms with Crippen molar-refractivity contribution in [2.24, 2.45) is 0 Å². The number of carbonyl (C=O) groups excluding carboxylic acids is 1. The molecule has 0 aromatic heterocycles. The van der Waals surface area contributed by atoms with E-state index < -0.39 is 17.6 Å². The van der Waals surface area contributed by atoms with Gasteiger partial charge in [-0.15, -0.1) is 0 Å². The highest BCUT2D eigenvalue weighted by atomic mass is 16.5. The fourth-order valence-electron chi connectivity index (χ4n) is 2.66. The van der Waals surface area contributed by atoms with Gasteiger partial charge < -0.3 is 20.1 Å². The van der Waals surface area contributed by atoms with Crippen LogP contribution in [0.5, 0.6) is 17.2 Å². The first kappa shape index (κ1) is 13.5. The Hall–Kier alpha value is -2.53. The first-order chi connectivity index (χ1) is 10.1. The zero-order valence-electron chi connectivity index (χ0n) is 11.3. The summed E-state index contributed by atoms with van der Waals surface area (Å²) in [5.74, 6) is -1.11. The molecule has 3 N–H and O–H groups in total. The second-order valence-corrected chi connectivity index (χ2v) is 4.78. The predicted octanol–water partition coefficient (Wildman–Crippen LogP) is 2.12. The van der Waals surface area contributed by atoms with Gasteiger partial charge in [-0.25, -0.2) is 0 Å². The lowest BCUT2D eigenvalue weighted by Crippen LogP contribution is -2.20. The van der Waals surface area contributed by atoms with Gasteiger partial charge in [0, 0.05) is 17.2 Å². The summed E-state index contributed by atoms with van der Waals surface area (Å²) in [7, 11) is 0. The van der Waals surface area contributed by atoms with Gasteiger partial charge in [0.05, 0.1) is 12.2 Å². The number of aliphatic hydroxyl groups is 1. The lowest BCUT2D eigenvalue weighted by molar-refractivity contribution is 0.101. The van der Waals surface area contributed by atoms with E-state index in [4.69, 9.17) is 4.74 Å². The average molecular weight is 286 g/mol. The van der Waals surface area contributed by atoms with E-state index in [0.29, 0.717) is 17.7 Å². The lowest BCUT2D eigenvalue weighted by atomic mass is 9.82. The molecular formula is C16H14O5. The van der Waals surface area contributed by atoms with Gasteiger partial charge in [0.25, 0.3) is 0 Å². The zero-order valence-corrected chi connectivity index (χ0v) is 11.3. The van der Waals surface area contributed by atoms with Gasteiger partial charge >= 0.3 is 0 Å². The number of hydrogen-bond donors (Lipinski definition) is 3. The Morgan fingerprint density at radius 1 is 1.24 bits per heavy atom. The molecule has 0 amide bonds. The summed E-state index contributed by atoms with van der Waals surface area (Å²) >= 11 is 0. The van der Waals surface area contributed by atoms with E-state index in [2.05, 4.69) is 0 Å². The highest BCUT2D eigenvalue weighted by Crippen LogP contribution is 2.47. The van der Waals surface area contributed by atoms with Crippen molar-refractivity contribution in [2.45, 2.75) is 13.0 Å². The molecule has 0 fully saturated rings. The van der Waals surface area contributed by atoms with Crippen LogP contribution >= 0.6 is 0 Å². The summed E-state index contributed by atoms with van der Waals surface area (Å²) in [5, 5.41) is 30.3. The van der Waals surface area contributed by atoms with E-state index in [9.17, 15) is 20.1 Å². The SMILES string of the molecule is CCOc1cc(O)c(O)c2c1C(=O)c1ccccc1C2O. The van der Waals surface area contributed by atoms with E-state index in [0.717, 1.165) is 0 Å². The van der Waals surface area contributed by atoms with Gasteiger partial charge in [-0.1, -0.05) is 24.3 Å². The van der Waals surface area contributed by atoms with Gasteiger partial charge in [0.15, 0.2) is 17.3 Å². The molecule has 21 heavy (non-hydrogen) atoms. The molecule has 108 valence electrons. The summed E-state index contributed by atoms with van der Waals surface area (Å²) in [5.41, 5.74) is 0.849. The minimum absolute atomic E-state index is 0.0119. The highest BCUT2D eigenvalue weighted by Gasteiger charge is 2.36. The Morgan fingerprint density at radius 2 is 1.95 bits per heavy atom. The molecule has 0 saturated carbocycles. The minimum Gasteiger partial charge on any atom is -0.504 e. The molecule has 5 nitrogen and oxygen atoms in total. The number of phenolic OH excluding ortho intramolecular Hbond substituents is 2. The topological polar surface area (TPSA) is 87.0 Å². The van der Waals surface area contributed by atoms with Crippen molar-refractivity contribution < 1.29 is 24.9 Å². The molecule has 0 aliphatic heterocycles. The van der Waals surface area contributed by atoms with Crippen LogP contribution in [0.25, 0.3) is 0 Å². The molecule has 5 heteroatoms. The first-order valence-corrected chi connectivity index (χ1v) is 6.59. The number of ketones is 1. The molecule has 0 heterocycles. The number of carbonyl (C=O) groups is 1. The second-order valence-electron chi connectivity index (χ2n) is 4.78. The number of fused-ring (bicyclic) bond motifs is 2. The van der Waals surface area contributed by atoms with Crippen LogP contribution in [0.2, 0.25) is 0 Å². The van der Waals surface area contributed by atoms with Crippen molar-refractivity contribution in [3.8, 4) is 17.2 Å². The third-order valence-corrected chi connectivity index (χ3v) is 3.58. The number of phenols is 2. The lowest BCUT2D eigenvalue weighted by Gasteiger charge is -2.26. The van der Waals surface area contributed by atoms with E-state index in [1.165, 1.54) is 6.07 Å². The summed E-state index contributed by atoms with van der Waals surface area (Å²) in [4.78, 5) is 12.6. The fourth-order valence-corrected chi connectivity index (χ4v) is 2.66. The maximum atomic E-state index is 12.6. The molecule has 0 spiro atoms. The number of benzene rings is 2. The smallest absolute Gasteiger partial charge is 0.197 e. The first-order valence-electron chi connectivity index (χ1n) is 6.59. The van der Waals surface area contributed by atoms with Crippen LogP contribution in [0.15, 0.2) is 30.3 Å². The van der Waals surface area contributed by atoms with Gasteiger partial charge in [-0.05, 0) is 12.5 Å². The third kappa shape index (κ3) is 1.86. The van der Waals surface area contributed by atoms with Crippen LogP contribution in [0.3, 0.4) is 0 Å². The molecule has 2 aromatic rings. The fraction of sp³-hybridized carbons (Fsp3) is 0.188. The minimum atomic E-state index is -1.19. The van der Waals surface area contributed by atoms with Crippen LogP contribution in [0.1, 0.15) is 40.1 Å². The van der Waals surface area contributed by atoms with E-state index in [1.807, 2.05) is 0 Å². The molecule has 0 radical (unpaired) electrons. The number of aliphatic hydroxyl groups excluding tert-OH is 1.